The molecule has 2 atom stereocenters. The lowest BCUT2D eigenvalue weighted by Gasteiger charge is -2.29. The van der Waals surface area contributed by atoms with E-state index in [0.29, 0.717) is 11.8 Å². The lowest BCUT2D eigenvalue weighted by molar-refractivity contribution is 0.274. The van der Waals surface area contributed by atoms with E-state index < -0.39 is 0 Å². The maximum absolute atomic E-state index is 7.56. The Morgan fingerprint density at radius 3 is 2.21 bits per heavy atom. The molecule has 2 unspecified atom stereocenters. The van der Waals surface area contributed by atoms with Gasteiger partial charge in [-0.15, -0.1) is 0 Å². The lowest BCUT2D eigenvalue weighted by Crippen LogP contribution is -2.25. The number of nitrogens with one attached hydrogen (secondary N) is 1. The summed E-state index contributed by atoms with van der Waals surface area (Å²) < 4.78 is 0. The van der Waals surface area contributed by atoms with Crippen LogP contribution in [0.15, 0.2) is 4.99 Å². The van der Waals surface area contributed by atoms with Crippen molar-refractivity contribution in [3.63, 3.8) is 0 Å². The van der Waals surface area contributed by atoms with Gasteiger partial charge in [-0.1, -0.05) is 13.3 Å². The molecule has 1 rings (SSSR count). The van der Waals surface area contributed by atoms with Crippen LogP contribution in [0.4, 0.5) is 0 Å². The molecule has 80 valence electrons. The molecule has 0 spiro atoms. The van der Waals surface area contributed by atoms with Gasteiger partial charge in [0.05, 0.1) is 0 Å². The first-order valence-corrected chi connectivity index (χ1v) is 5.61. The van der Waals surface area contributed by atoms with Crippen LogP contribution in [0.3, 0.4) is 0 Å². The quantitative estimate of drug-likeness (QED) is 0.667. The number of hydrogen-bond acceptors (Lipinski definition) is 2. The van der Waals surface area contributed by atoms with E-state index in [-0.39, 0.29) is 5.92 Å². The van der Waals surface area contributed by atoms with Crippen LogP contribution in [0.1, 0.15) is 47.0 Å². The molecule has 0 aromatic carbocycles. The molecule has 1 fully saturated rings. The second-order valence-corrected chi connectivity index (χ2v) is 4.61. The summed E-state index contributed by atoms with van der Waals surface area (Å²) in [5, 5.41) is 7.56. The summed E-state index contributed by atoms with van der Waals surface area (Å²) in [6.07, 6.45) is 4.06. The monoisotopic (exact) mass is 194 g/mol. The first kappa shape index (κ1) is 11.4. The average molecular weight is 194 g/mol. The van der Waals surface area contributed by atoms with E-state index in [1.807, 2.05) is 6.92 Å². The summed E-state index contributed by atoms with van der Waals surface area (Å²) in [6.45, 7) is 8.18. The third-order valence-electron chi connectivity index (χ3n) is 3.52. The SMILES string of the molecule is CC(=N)C(C)C(C)=NC(C)C1CCC1. The Morgan fingerprint density at radius 2 is 1.86 bits per heavy atom. The highest BCUT2D eigenvalue weighted by Crippen LogP contribution is 2.31. The van der Waals surface area contributed by atoms with Gasteiger partial charge in [0.2, 0.25) is 0 Å². The van der Waals surface area contributed by atoms with Gasteiger partial charge >= 0.3 is 0 Å². The van der Waals surface area contributed by atoms with Crippen molar-refractivity contribution in [2.45, 2.75) is 53.0 Å². The highest BCUT2D eigenvalue weighted by Gasteiger charge is 2.23. The molecule has 14 heavy (non-hydrogen) atoms. The summed E-state index contributed by atoms with van der Waals surface area (Å²) in [5.74, 6) is 1.03. The largest absolute Gasteiger partial charge is 0.309 e. The molecule has 0 aliphatic heterocycles. The molecule has 0 aromatic heterocycles. The smallest absolute Gasteiger partial charge is 0.0499 e. The van der Waals surface area contributed by atoms with E-state index in [9.17, 15) is 0 Å². The summed E-state index contributed by atoms with van der Waals surface area (Å²) >= 11 is 0. The zero-order valence-corrected chi connectivity index (χ0v) is 9.80. The first-order chi connectivity index (χ1) is 6.52. The van der Waals surface area contributed by atoms with Crippen molar-refractivity contribution in [2.24, 2.45) is 16.8 Å². The summed E-state index contributed by atoms with van der Waals surface area (Å²) in [7, 11) is 0. The van der Waals surface area contributed by atoms with Crippen LogP contribution in [0.25, 0.3) is 0 Å². The van der Waals surface area contributed by atoms with Crippen molar-refractivity contribution < 1.29 is 0 Å². The van der Waals surface area contributed by atoms with Gasteiger partial charge in [-0.3, -0.25) is 4.99 Å². The third-order valence-corrected chi connectivity index (χ3v) is 3.52. The van der Waals surface area contributed by atoms with Gasteiger partial charge in [-0.2, -0.15) is 0 Å². The fourth-order valence-electron chi connectivity index (χ4n) is 1.77. The zero-order chi connectivity index (χ0) is 10.7. The Balaban J connectivity index is 2.52. The summed E-state index contributed by atoms with van der Waals surface area (Å²) in [5.41, 5.74) is 1.84. The number of rotatable bonds is 4. The first-order valence-electron chi connectivity index (χ1n) is 5.61. The topological polar surface area (TPSA) is 36.2 Å². The number of nitrogens with zero attached hydrogens (tertiary/aromatic N) is 1. The van der Waals surface area contributed by atoms with E-state index in [0.717, 1.165) is 11.6 Å². The van der Waals surface area contributed by atoms with E-state index in [1.54, 1.807) is 0 Å². The van der Waals surface area contributed by atoms with Crippen molar-refractivity contribution in [1.29, 1.82) is 5.41 Å². The van der Waals surface area contributed by atoms with Crippen molar-refractivity contribution >= 4 is 11.4 Å². The molecule has 1 aliphatic carbocycles. The molecule has 0 radical (unpaired) electrons. The predicted octanol–water partition coefficient (Wildman–Crippen LogP) is 3.31. The van der Waals surface area contributed by atoms with Gasteiger partial charge < -0.3 is 5.41 Å². The molecular formula is C12H22N2. The van der Waals surface area contributed by atoms with Crippen LogP contribution in [-0.2, 0) is 0 Å². The third kappa shape index (κ3) is 2.66. The van der Waals surface area contributed by atoms with Crippen LogP contribution in [0.5, 0.6) is 0 Å². The molecule has 0 bridgehead atoms. The molecule has 0 aromatic rings. The molecule has 2 heteroatoms. The molecular weight excluding hydrogens is 172 g/mol. The predicted molar refractivity (Wildman–Crippen MR) is 62.5 cm³/mol. The van der Waals surface area contributed by atoms with Crippen molar-refractivity contribution in [3.8, 4) is 0 Å². The molecule has 0 saturated heterocycles. The maximum Gasteiger partial charge on any atom is 0.0499 e. The lowest BCUT2D eigenvalue weighted by atomic mass is 9.80. The van der Waals surface area contributed by atoms with Crippen LogP contribution in [0.2, 0.25) is 0 Å². The van der Waals surface area contributed by atoms with Gasteiger partial charge in [0.25, 0.3) is 0 Å². The molecule has 1 N–H and O–H groups in total. The highest BCUT2D eigenvalue weighted by atomic mass is 14.8. The van der Waals surface area contributed by atoms with Gasteiger partial charge in [0, 0.05) is 23.4 Å². The van der Waals surface area contributed by atoms with Gasteiger partial charge in [0.15, 0.2) is 0 Å². The molecule has 1 saturated carbocycles. The summed E-state index contributed by atoms with van der Waals surface area (Å²) in [6, 6.07) is 0.463. The normalized spacial score (nSPS) is 22.7. The molecule has 1 aliphatic rings. The van der Waals surface area contributed by atoms with Gasteiger partial charge in [-0.25, -0.2) is 0 Å². The van der Waals surface area contributed by atoms with E-state index in [1.165, 1.54) is 19.3 Å². The van der Waals surface area contributed by atoms with Crippen LogP contribution in [-0.4, -0.2) is 17.5 Å². The minimum atomic E-state index is 0.220. The molecule has 0 amide bonds. The Bertz CT molecular complexity index is 239. The van der Waals surface area contributed by atoms with Gasteiger partial charge in [0.1, 0.15) is 0 Å². The summed E-state index contributed by atoms with van der Waals surface area (Å²) in [4.78, 5) is 4.70. The fraction of sp³-hybridized carbons (Fsp3) is 0.833. The van der Waals surface area contributed by atoms with Crippen LogP contribution < -0.4 is 0 Å². The Hall–Kier alpha value is -0.660. The number of aliphatic imine (C=N–C) groups is 1. The van der Waals surface area contributed by atoms with Gasteiger partial charge in [-0.05, 0) is 39.5 Å². The Morgan fingerprint density at radius 1 is 1.29 bits per heavy atom. The number of hydrogen-bond donors (Lipinski definition) is 1. The van der Waals surface area contributed by atoms with Crippen molar-refractivity contribution in [2.75, 3.05) is 0 Å². The van der Waals surface area contributed by atoms with Crippen molar-refractivity contribution in [3.05, 3.63) is 0 Å². The average Bonchev–Trinajstić information content (AvgIpc) is 1.98. The molecule has 2 nitrogen and oxygen atoms in total. The minimum Gasteiger partial charge on any atom is -0.309 e. The second kappa shape index (κ2) is 4.72. The standard InChI is InChI=1S/C12H22N2/c1-8(9(2)13)10(3)14-11(4)12-6-5-7-12/h8,11-13H,5-7H2,1-4H3. The Labute approximate surface area is 87.3 Å². The maximum atomic E-state index is 7.56. The van der Waals surface area contributed by atoms with Crippen LogP contribution >= 0.6 is 0 Å². The highest BCUT2D eigenvalue weighted by molar-refractivity contribution is 6.03. The van der Waals surface area contributed by atoms with E-state index >= 15 is 0 Å². The zero-order valence-electron chi connectivity index (χ0n) is 9.80. The van der Waals surface area contributed by atoms with E-state index in [4.69, 9.17) is 10.4 Å². The second-order valence-electron chi connectivity index (χ2n) is 4.61. The van der Waals surface area contributed by atoms with Crippen LogP contribution in [0, 0.1) is 17.2 Å². The minimum absolute atomic E-state index is 0.220. The van der Waals surface area contributed by atoms with Crippen molar-refractivity contribution in [1.82, 2.24) is 0 Å². The Kier molecular flexibility index (Phi) is 3.85. The molecule has 0 heterocycles. The van der Waals surface area contributed by atoms with E-state index in [2.05, 4.69) is 20.8 Å². The fourth-order valence-corrected chi connectivity index (χ4v) is 1.77.